The van der Waals surface area contributed by atoms with E-state index in [1.54, 1.807) is 0 Å². The first-order chi connectivity index (χ1) is 14.9. The predicted molar refractivity (Wildman–Crippen MR) is 131 cm³/mol. The van der Waals surface area contributed by atoms with Crippen LogP contribution in [-0.2, 0) is 6.54 Å². The first kappa shape index (κ1) is 20.8. The Labute approximate surface area is 187 Å². The van der Waals surface area contributed by atoms with Gasteiger partial charge in [-0.05, 0) is 55.7 Å². The lowest BCUT2D eigenvalue weighted by atomic mass is 10.1. The van der Waals surface area contributed by atoms with Gasteiger partial charge in [-0.3, -0.25) is 0 Å². The lowest BCUT2D eigenvalue weighted by Gasteiger charge is -2.12. The average Bonchev–Trinajstić information content (AvgIpc) is 3.01. The van der Waals surface area contributed by atoms with E-state index in [1.165, 1.54) is 5.56 Å². The van der Waals surface area contributed by atoms with Crippen LogP contribution in [0.4, 0.5) is 11.4 Å². The van der Waals surface area contributed by atoms with Crippen molar-refractivity contribution in [2.24, 2.45) is 10.2 Å². The molecule has 0 fully saturated rings. The SMILES string of the molecule is Cc1cc(C)c(NC(=S)N=Nc2c(O)n(Cc3ccccc3)c3ccccc23)c(C)c1. The highest BCUT2D eigenvalue weighted by molar-refractivity contribution is 7.80. The van der Waals surface area contributed by atoms with Crippen molar-refractivity contribution >= 4 is 39.6 Å². The Morgan fingerprint density at radius 2 is 1.61 bits per heavy atom. The van der Waals surface area contributed by atoms with Gasteiger partial charge in [0, 0.05) is 11.1 Å². The molecule has 3 aromatic carbocycles. The molecule has 2 N–H and O–H groups in total. The maximum atomic E-state index is 10.9. The first-order valence-electron chi connectivity index (χ1n) is 10.1. The van der Waals surface area contributed by atoms with Gasteiger partial charge in [-0.15, -0.1) is 10.2 Å². The average molecular weight is 429 g/mol. The summed E-state index contributed by atoms with van der Waals surface area (Å²) in [5.74, 6) is 0.0688. The van der Waals surface area contributed by atoms with Crippen molar-refractivity contribution < 1.29 is 5.11 Å². The highest BCUT2D eigenvalue weighted by atomic mass is 32.1. The molecule has 0 aliphatic carbocycles. The zero-order chi connectivity index (χ0) is 22.0. The molecule has 0 spiro atoms. The third-order valence-electron chi connectivity index (χ3n) is 5.25. The topological polar surface area (TPSA) is 61.9 Å². The van der Waals surface area contributed by atoms with Crippen molar-refractivity contribution in [3.8, 4) is 5.88 Å². The summed E-state index contributed by atoms with van der Waals surface area (Å²) < 4.78 is 1.84. The molecular weight excluding hydrogens is 404 g/mol. The van der Waals surface area contributed by atoms with Crippen LogP contribution in [-0.4, -0.2) is 14.8 Å². The Kier molecular flexibility index (Phi) is 5.82. The van der Waals surface area contributed by atoms with Crippen LogP contribution in [0.15, 0.2) is 77.0 Å². The summed E-state index contributed by atoms with van der Waals surface area (Å²) in [4.78, 5) is 0. The van der Waals surface area contributed by atoms with E-state index in [0.717, 1.165) is 33.3 Å². The van der Waals surface area contributed by atoms with E-state index in [0.29, 0.717) is 12.2 Å². The summed E-state index contributed by atoms with van der Waals surface area (Å²) in [6.45, 7) is 6.67. The number of benzene rings is 3. The summed E-state index contributed by atoms with van der Waals surface area (Å²) in [6, 6.07) is 21.9. The zero-order valence-corrected chi connectivity index (χ0v) is 18.6. The van der Waals surface area contributed by atoms with Crippen LogP contribution in [0.1, 0.15) is 22.3 Å². The van der Waals surface area contributed by atoms with Crippen molar-refractivity contribution in [2.75, 3.05) is 5.32 Å². The summed E-state index contributed by atoms with van der Waals surface area (Å²) in [7, 11) is 0. The van der Waals surface area contributed by atoms with Crippen molar-refractivity contribution in [3.05, 3.63) is 89.0 Å². The number of aromatic hydroxyl groups is 1. The molecule has 0 aliphatic rings. The quantitative estimate of drug-likeness (QED) is 0.277. The second kappa shape index (κ2) is 8.70. The van der Waals surface area contributed by atoms with Crippen LogP contribution in [0, 0.1) is 20.8 Å². The lowest BCUT2D eigenvalue weighted by Crippen LogP contribution is -2.08. The number of nitrogens with one attached hydrogen (secondary N) is 1. The van der Waals surface area contributed by atoms with Gasteiger partial charge in [-0.1, -0.05) is 66.2 Å². The number of anilines is 1. The smallest absolute Gasteiger partial charge is 0.221 e. The zero-order valence-electron chi connectivity index (χ0n) is 17.8. The van der Waals surface area contributed by atoms with E-state index in [2.05, 4.69) is 34.6 Å². The summed E-state index contributed by atoms with van der Waals surface area (Å²) in [5, 5.41) is 23.7. The number of aromatic nitrogens is 1. The van der Waals surface area contributed by atoms with Gasteiger partial charge < -0.3 is 15.0 Å². The molecule has 0 saturated carbocycles. The van der Waals surface area contributed by atoms with E-state index in [-0.39, 0.29) is 11.0 Å². The van der Waals surface area contributed by atoms with Crippen LogP contribution in [0.3, 0.4) is 0 Å². The lowest BCUT2D eigenvalue weighted by molar-refractivity contribution is 0.429. The Hall–Kier alpha value is -3.51. The highest BCUT2D eigenvalue weighted by Crippen LogP contribution is 2.39. The van der Waals surface area contributed by atoms with Gasteiger partial charge in [0.15, 0.2) is 5.69 Å². The van der Waals surface area contributed by atoms with Gasteiger partial charge in [0.25, 0.3) is 0 Å². The molecule has 31 heavy (non-hydrogen) atoms. The molecule has 0 radical (unpaired) electrons. The Morgan fingerprint density at radius 3 is 2.32 bits per heavy atom. The Balaban J connectivity index is 1.65. The predicted octanol–water partition coefficient (Wildman–Crippen LogP) is 6.80. The molecule has 6 heteroatoms. The van der Waals surface area contributed by atoms with Crippen molar-refractivity contribution in [2.45, 2.75) is 27.3 Å². The molecule has 4 aromatic rings. The molecule has 4 rings (SSSR count). The van der Waals surface area contributed by atoms with Crippen LogP contribution >= 0.6 is 12.2 Å². The van der Waals surface area contributed by atoms with Gasteiger partial charge in [0.05, 0.1) is 12.1 Å². The molecule has 1 aromatic heterocycles. The van der Waals surface area contributed by atoms with Gasteiger partial charge >= 0.3 is 0 Å². The maximum Gasteiger partial charge on any atom is 0.221 e. The standard InChI is InChI=1S/C25H24N4OS/c1-16-13-17(2)22(18(3)14-16)26-25(31)28-27-23-20-11-7-8-12-21(20)29(24(23)30)15-19-9-5-4-6-10-19/h4-14,30H,15H2,1-3H3,(H,26,31). The summed E-state index contributed by atoms with van der Waals surface area (Å²) in [5.41, 5.74) is 6.71. The fourth-order valence-corrected chi connectivity index (χ4v) is 4.04. The van der Waals surface area contributed by atoms with E-state index in [1.807, 2.05) is 73.0 Å². The van der Waals surface area contributed by atoms with E-state index < -0.39 is 0 Å². The number of aryl methyl sites for hydroxylation is 3. The Bertz CT molecular complexity index is 1270. The third-order valence-corrected chi connectivity index (χ3v) is 5.43. The minimum Gasteiger partial charge on any atom is -0.493 e. The van der Waals surface area contributed by atoms with Crippen LogP contribution in [0.2, 0.25) is 0 Å². The number of nitrogens with zero attached hydrogens (tertiary/aromatic N) is 3. The van der Waals surface area contributed by atoms with E-state index in [9.17, 15) is 5.11 Å². The molecule has 5 nitrogen and oxygen atoms in total. The molecule has 0 atom stereocenters. The van der Waals surface area contributed by atoms with Crippen LogP contribution in [0.25, 0.3) is 10.9 Å². The fraction of sp³-hybridized carbons (Fsp3) is 0.160. The number of azo groups is 1. The second-order valence-electron chi connectivity index (χ2n) is 7.66. The largest absolute Gasteiger partial charge is 0.493 e. The third kappa shape index (κ3) is 4.34. The minimum absolute atomic E-state index is 0.0688. The maximum absolute atomic E-state index is 10.9. The van der Waals surface area contributed by atoms with Gasteiger partial charge in [-0.2, -0.15) is 0 Å². The van der Waals surface area contributed by atoms with Crippen LogP contribution < -0.4 is 5.32 Å². The molecule has 156 valence electrons. The monoisotopic (exact) mass is 428 g/mol. The van der Waals surface area contributed by atoms with Gasteiger partial charge in [0.2, 0.25) is 11.0 Å². The number of fused-ring (bicyclic) bond motifs is 1. The van der Waals surface area contributed by atoms with Crippen molar-refractivity contribution in [3.63, 3.8) is 0 Å². The molecule has 1 heterocycles. The van der Waals surface area contributed by atoms with Crippen molar-refractivity contribution in [1.82, 2.24) is 4.57 Å². The second-order valence-corrected chi connectivity index (χ2v) is 8.05. The van der Waals surface area contributed by atoms with Crippen molar-refractivity contribution in [1.29, 1.82) is 0 Å². The van der Waals surface area contributed by atoms with Gasteiger partial charge in [0.1, 0.15) is 0 Å². The normalized spacial score (nSPS) is 11.3. The number of hydrogen-bond acceptors (Lipinski definition) is 3. The van der Waals surface area contributed by atoms with Gasteiger partial charge in [-0.25, -0.2) is 0 Å². The molecule has 0 saturated heterocycles. The fourth-order valence-electron chi connectivity index (χ4n) is 3.90. The van der Waals surface area contributed by atoms with Crippen LogP contribution in [0.5, 0.6) is 5.88 Å². The number of rotatable bonds is 4. The molecule has 0 aliphatic heterocycles. The van der Waals surface area contributed by atoms with E-state index in [4.69, 9.17) is 12.2 Å². The molecule has 0 unspecified atom stereocenters. The summed E-state index contributed by atoms with van der Waals surface area (Å²) >= 11 is 5.41. The number of hydrogen-bond donors (Lipinski definition) is 2. The summed E-state index contributed by atoms with van der Waals surface area (Å²) in [6.07, 6.45) is 0. The first-order valence-corrected chi connectivity index (χ1v) is 10.5. The number of thiocarbonyl (C=S) groups is 1. The molecule has 0 amide bonds. The molecule has 0 bridgehead atoms. The van der Waals surface area contributed by atoms with E-state index >= 15 is 0 Å². The number of para-hydroxylation sites is 1. The molecular formula is C25H24N4OS. The Morgan fingerprint density at radius 1 is 0.968 bits per heavy atom. The minimum atomic E-state index is 0.0688. The highest BCUT2D eigenvalue weighted by Gasteiger charge is 2.17.